The molecule has 128 valence electrons. The summed E-state index contributed by atoms with van der Waals surface area (Å²) in [4.78, 5) is 38.6. The predicted octanol–water partition coefficient (Wildman–Crippen LogP) is 2.86. The maximum Gasteiger partial charge on any atom is 0.262 e. The summed E-state index contributed by atoms with van der Waals surface area (Å²) < 4.78 is 0. The van der Waals surface area contributed by atoms with Gasteiger partial charge >= 0.3 is 0 Å². The second kappa shape index (κ2) is 6.51. The third-order valence-corrected chi connectivity index (χ3v) is 4.61. The van der Waals surface area contributed by atoms with Gasteiger partial charge in [-0.05, 0) is 44.0 Å². The highest BCUT2D eigenvalue weighted by Crippen LogP contribution is 2.25. The maximum atomic E-state index is 12.6. The zero-order valence-corrected chi connectivity index (χ0v) is 14.4. The van der Waals surface area contributed by atoms with Crippen molar-refractivity contribution in [2.75, 3.05) is 0 Å². The largest absolute Gasteiger partial charge is 0.348 e. The van der Waals surface area contributed by atoms with E-state index in [4.69, 9.17) is 0 Å². The van der Waals surface area contributed by atoms with Crippen LogP contribution >= 0.6 is 0 Å². The number of hydrogen-bond donors (Lipinski definition) is 1. The Morgan fingerprint density at radius 1 is 0.920 bits per heavy atom. The molecule has 0 aromatic heterocycles. The molecule has 0 spiro atoms. The number of fused-ring (bicyclic) bond motifs is 1. The van der Waals surface area contributed by atoms with Crippen LogP contribution in [0.5, 0.6) is 0 Å². The summed E-state index contributed by atoms with van der Waals surface area (Å²) in [5.74, 6) is -1.20. The summed E-state index contributed by atoms with van der Waals surface area (Å²) in [7, 11) is 0. The van der Waals surface area contributed by atoms with Crippen molar-refractivity contribution >= 4 is 17.7 Å². The fourth-order valence-electron chi connectivity index (χ4n) is 3.16. The van der Waals surface area contributed by atoms with E-state index in [1.54, 1.807) is 31.2 Å². The lowest BCUT2D eigenvalue weighted by atomic mass is 10.0. The number of nitrogens with zero attached hydrogens (tertiary/aromatic N) is 1. The zero-order valence-electron chi connectivity index (χ0n) is 14.4. The average molecular weight is 336 g/mol. The van der Waals surface area contributed by atoms with E-state index < -0.39 is 17.9 Å². The van der Waals surface area contributed by atoms with Gasteiger partial charge in [-0.15, -0.1) is 0 Å². The molecule has 1 aliphatic rings. The first-order valence-electron chi connectivity index (χ1n) is 8.24. The molecule has 0 fully saturated rings. The Kier molecular flexibility index (Phi) is 4.40. The minimum atomic E-state index is -0.876. The Balaban J connectivity index is 1.77. The van der Waals surface area contributed by atoms with Crippen LogP contribution in [0.4, 0.5) is 0 Å². The van der Waals surface area contributed by atoms with E-state index >= 15 is 0 Å². The Bertz CT molecular complexity index is 825. The first-order valence-corrected chi connectivity index (χ1v) is 8.24. The molecule has 0 aliphatic carbocycles. The van der Waals surface area contributed by atoms with E-state index in [1.165, 1.54) is 0 Å². The van der Waals surface area contributed by atoms with Crippen LogP contribution < -0.4 is 5.32 Å². The molecule has 2 atom stereocenters. The Morgan fingerprint density at radius 2 is 1.44 bits per heavy atom. The van der Waals surface area contributed by atoms with Crippen molar-refractivity contribution in [2.45, 2.75) is 32.9 Å². The normalized spacial score (nSPS) is 15.7. The third-order valence-electron chi connectivity index (χ3n) is 4.61. The first kappa shape index (κ1) is 16.9. The lowest BCUT2D eigenvalue weighted by molar-refractivity contribution is -0.125. The molecule has 1 aliphatic heterocycles. The quantitative estimate of drug-likeness (QED) is 0.873. The second-order valence-corrected chi connectivity index (χ2v) is 6.29. The number of benzene rings is 2. The van der Waals surface area contributed by atoms with Crippen molar-refractivity contribution < 1.29 is 14.4 Å². The lowest BCUT2D eigenvalue weighted by Crippen LogP contribution is -2.48. The summed E-state index contributed by atoms with van der Waals surface area (Å²) in [6, 6.07) is 13.3. The van der Waals surface area contributed by atoms with E-state index in [0.717, 1.165) is 16.0 Å². The molecule has 0 saturated carbocycles. The van der Waals surface area contributed by atoms with Gasteiger partial charge in [0.2, 0.25) is 5.91 Å². The summed E-state index contributed by atoms with van der Waals surface area (Å²) in [6.07, 6.45) is 0. The highest BCUT2D eigenvalue weighted by molar-refractivity contribution is 6.22. The van der Waals surface area contributed by atoms with Gasteiger partial charge in [0.1, 0.15) is 6.04 Å². The van der Waals surface area contributed by atoms with E-state index in [2.05, 4.69) is 5.32 Å². The third kappa shape index (κ3) is 2.93. The minimum Gasteiger partial charge on any atom is -0.348 e. The maximum absolute atomic E-state index is 12.6. The van der Waals surface area contributed by atoms with Crippen molar-refractivity contribution in [1.82, 2.24) is 10.2 Å². The monoisotopic (exact) mass is 336 g/mol. The standard InChI is InChI=1S/C20H20N2O3/c1-12-8-4-5-9-15(12)13(2)21-18(23)14(3)22-19(24)16-10-6-7-11-17(16)20(22)25/h4-11,13-14H,1-3H3,(H,21,23). The fourth-order valence-corrected chi connectivity index (χ4v) is 3.16. The molecular formula is C20H20N2O3. The van der Waals surface area contributed by atoms with Gasteiger partial charge in [-0.2, -0.15) is 0 Å². The molecule has 1 N–H and O–H groups in total. The molecular weight excluding hydrogens is 316 g/mol. The summed E-state index contributed by atoms with van der Waals surface area (Å²) in [6.45, 7) is 5.43. The van der Waals surface area contributed by atoms with E-state index in [0.29, 0.717) is 11.1 Å². The van der Waals surface area contributed by atoms with E-state index in [9.17, 15) is 14.4 Å². The zero-order chi connectivity index (χ0) is 18.1. The van der Waals surface area contributed by atoms with Crippen LogP contribution in [0.15, 0.2) is 48.5 Å². The van der Waals surface area contributed by atoms with Crippen LogP contribution in [0, 0.1) is 6.92 Å². The molecule has 2 aromatic rings. The lowest BCUT2D eigenvalue weighted by Gasteiger charge is -2.24. The first-order chi connectivity index (χ1) is 11.9. The van der Waals surface area contributed by atoms with Gasteiger partial charge in [0.05, 0.1) is 17.2 Å². The van der Waals surface area contributed by atoms with Crippen LogP contribution in [0.3, 0.4) is 0 Å². The summed E-state index contributed by atoms with van der Waals surface area (Å²) in [5.41, 5.74) is 2.77. The predicted molar refractivity (Wildman–Crippen MR) is 94.1 cm³/mol. The highest BCUT2D eigenvalue weighted by atomic mass is 16.2. The minimum absolute atomic E-state index is 0.216. The summed E-state index contributed by atoms with van der Waals surface area (Å²) in [5, 5.41) is 2.90. The van der Waals surface area contributed by atoms with E-state index in [1.807, 2.05) is 38.1 Å². The van der Waals surface area contributed by atoms with Gasteiger partial charge in [-0.1, -0.05) is 36.4 Å². The number of aryl methyl sites for hydroxylation is 1. The topological polar surface area (TPSA) is 66.5 Å². The molecule has 0 bridgehead atoms. The molecule has 2 unspecified atom stereocenters. The highest BCUT2D eigenvalue weighted by Gasteiger charge is 2.40. The number of carbonyl (C=O) groups is 3. The molecule has 5 heteroatoms. The second-order valence-electron chi connectivity index (χ2n) is 6.29. The molecule has 5 nitrogen and oxygen atoms in total. The molecule has 0 saturated heterocycles. The van der Waals surface area contributed by atoms with Crippen LogP contribution in [0.25, 0.3) is 0 Å². The van der Waals surface area contributed by atoms with Gasteiger partial charge in [0.15, 0.2) is 0 Å². The van der Waals surface area contributed by atoms with Crippen LogP contribution in [-0.4, -0.2) is 28.7 Å². The molecule has 25 heavy (non-hydrogen) atoms. The molecule has 3 rings (SSSR count). The number of rotatable bonds is 4. The smallest absolute Gasteiger partial charge is 0.262 e. The van der Waals surface area contributed by atoms with Crippen molar-refractivity contribution in [3.05, 3.63) is 70.8 Å². The number of carbonyl (C=O) groups excluding carboxylic acids is 3. The van der Waals surface area contributed by atoms with Crippen LogP contribution in [-0.2, 0) is 4.79 Å². The Hall–Kier alpha value is -2.95. The number of hydrogen-bond acceptors (Lipinski definition) is 3. The Labute approximate surface area is 146 Å². The van der Waals surface area contributed by atoms with Gasteiger partial charge in [0, 0.05) is 0 Å². The van der Waals surface area contributed by atoms with Crippen molar-refractivity contribution in [1.29, 1.82) is 0 Å². The van der Waals surface area contributed by atoms with Crippen molar-refractivity contribution in [3.63, 3.8) is 0 Å². The van der Waals surface area contributed by atoms with Gasteiger partial charge < -0.3 is 5.32 Å². The SMILES string of the molecule is Cc1ccccc1C(C)NC(=O)C(C)N1C(=O)c2ccccc2C1=O. The molecule has 0 radical (unpaired) electrons. The molecule has 3 amide bonds. The average Bonchev–Trinajstić information content (AvgIpc) is 2.86. The van der Waals surface area contributed by atoms with Crippen LogP contribution in [0.1, 0.15) is 51.7 Å². The number of nitrogens with one attached hydrogen (secondary N) is 1. The van der Waals surface area contributed by atoms with Crippen molar-refractivity contribution in [2.24, 2.45) is 0 Å². The number of amides is 3. The van der Waals surface area contributed by atoms with Gasteiger partial charge in [-0.3, -0.25) is 19.3 Å². The number of imide groups is 1. The van der Waals surface area contributed by atoms with Crippen LogP contribution in [0.2, 0.25) is 0 Å². The molecule has 2 aromatic carbocycles. The summed E-state index contributed by atoms with van der Waals surface area (Å²) >= 11 is 0. The van der Waals surface area contributed by atoms with Crippen molar-refractivity contribution in [3.8, 4) is 0 Å². The van der Waals surface area contributed by atoms with Gasteiger partial charge in [-0.25, -0.2) is 0 Å². The van der Waals surface area contributed by atoms with Gasteiger partial charge in [0.25, 0.3) is 11.8 Å². The Morgan fingerprint density at radius 3 is 2.00 bits per heavy atom. The van der Waals surface area contributed by atoms with E-state index in [-0.39, 0.29) is 11.9 Å². The molecule has 1 heterocycles. The fraction of sp³-hybridized carbons (Fsp3) is 0.250.